The molecule has 0 bridgehead atoms. The third-order valence-corrected chi connectivity index (χ3v) is 5.83. The van der Waals surface area contributed by atoms with E-state index in [0.717, 1.165) is 18.5 Å². The van der Waals surface area contributed by atoms with Crippen LogP contribution < -0.4 is 10.2 Å². The van der Waals surface area contributed by atoms with Gasteiger partial charge in [-0.1, -0.05) is 38.8 Å². The van der Waals surface area contributed by atoms with Gasteiger partial charge in [-0.15, -0.1) is 0 Å². The van der Waals surface area contributed by atoms with Crippen LogP contribution in [0.2, 0.25) is 0 Å². The second-order valence-electron chi connectivity index (χ2n) is 8.12. The number of carboxylic acids is 1. The average molecular weight is 372 g/mol. The van der Waals surface area contributed by atoms with E-state index in [9.17, 15) is 19.5 Å². The van der Waals surface area contributed by atoms with E-state index in [2.05, 4.69) is 19.2 Å². The molecule has 0 spiro atoms. The fourth-order valence-corrected chi connectivity index (χ4v) is 4.25. The van der Waals surface area contributed by atoms with Gasteiger partial charge in [0.05, 0.1) is 12.0 Å². The summed E-state index contributed by atoms with van der Waals surface area (Å²) in [7, 11) is 0. The molecule has 1 aromatic rings. The Labute approximate surface area is 159 Å². The van der Waals surface area contributed by atoms with Crippen LogP contribution in [0.15, 0.2) is 24.3 Å². The van der Waals surface area contributed by atoms with E-state index in [1.807, 2.05) is 24.3 Å². The number of amides is 2. The zero-order valence-electron chi connectivity index (χ0n) is 16.0. The van der Waals surface area contributed by atoms with Gasteiger partial charge < -0.3 is 15.3 Å². The van der Waals surface area contributed by atoms with Crippen LogP contribution in [-0.2, 0) is 14.4 Å². The minimum Gasteiger partial charge on any atom is -0.481 e. The van der Waals surface area contributed by atoms with Crippen molar-refractivity contribution in [2.24, 2.45) is 5.92 Å². The summed E-state index contributed by atoms with van der Waals surface area (Å²) in [6, 6.07) is 7.88. The minimum atomic E-state index is -0.915. The number of anilines is 1. The lowest BCUT2D eigenvalue weighted by Gasteiger charge is -2.29. The molecule has 27 heavy (non-hydrogen) atoms. The summed E-state index contributed by atoms with van der Waals surface area (Å²) in [6.07, 6.45) is 3.50. The predicted octanol–water partition coefficient (Wildman–Crippen LogP) is 3.07. The highest BCUT2D eigenvalue weighted by Gasteiger charge is 2.43. The lowest BCUT2D eigenvalue weighted by Crippen LogP contribution is -2.51. The highest BCUT2D eigenvalue weighted by atomic mass is 16.4. The molecule has 146 valence electrons. The van der Waals surface area contributed by atoms with Gasteiger partial charge in [0.2, 0.25) is 11.8 Å². The van der Waals surface area contributed by atoms with Gasteiger partial charge in [-0.3, -0.25) is 14.4 Å². The smallest absolute Gasteiger partial charge is 0.305 e. The number of hydrogen-bond acceptors (Lipinski definition) is 3. The fraction of sp³-hybridized carbons (Fsp3) is 0.571. The molecular weight excluding hydrogens is 344 g/mol. The summed E-state index contributed by atoms with van der Waals surface area (Å²) < 4.78 is 0. The number of nitrogens with zero attached hydrogens (tertiary/aromatic N) is 1. The van der Waals surface area contributed by atoms with Gasteiger partial charge in [0, 0.05) is 12.2 Å². The Morgan fingerprint density at radius 1 is 1.22 bits per heavy atom. The summed E-state index contributed by atoms with van der Waals surface area (Å²) in [5, 5.41) is 12.1. The predicted molar refractivity (Wildman–Crippen MR) is 103 cm³/mol. The van der Waals surface area contributed by atoms with Gasteiger partial charge in [-0.2, -0.15) is 0 Å². The quantitative estimate of drug-likeness (QED) is 0.752. The van der Waals surface area contributed by atoms with Crippen molar-refractivity contribution in [3.8, 4) is 0 Å². The summed E-state index contributed by atoms with van der Waals surface area (Å²) in [5.74, 6) is -1.76. The number of carbonyl (C=O) groups excluding carboxylic acids is 2. The maximum atomic E-state index is 12.8. The van der Waals surface area contributed by atoms with Gasteiger partial charge in [0.25, 0.3) is 0 Å². The molecule has 2 fully saturated rings. The van der Waals surface area contributed by atoms with E-state index < -0.39 is 17.4 Å². The van der Waals surface area contributed by atoms with Gasteiger partial charge in [-0.05, 0) is 42.9 Å². The van der Waals surface area contributed by atoms with Crippen LogP contribution in [0.3, 0.4) is 0 Å². The molecule has 1 unspecified atom stereocenters. The Kier molecular flexibility index (Phi) is 5.53. The highest BCUT2D eigenvalue weighted by molar-refractivity contribution is 6.09. The Morgan fingerprint density at radius 2 is 1.85 bits per heavy atom. The highest BCUT2D eigenvalue weighted by Crippen LogP contribution is 2.34. The van der Waals surface area contributed by atoms with Crippen LogP contribution in [0.1, 0.15) is 63.9 Å². The Morgan fingerprint density at radius 3 is 2.41 bits per heavy atom. The molecule has 2 N–H and O–H groups in total. The normalized spacial score (nSPS) is 21.7. The third kappa shape index (κ3) is 4.15. The monoisotopic (exact) mass is 372 g/mol. The van der Waals surface area contributed by atoms with Crippen molar-refractivity contribution in [2.75, 3.05) is 11.4 Å². The fourth-order valence-electron chi connectivity index (χ4n) is 4.25. The van der Waals surface area contributed by atoms with Gasteiger partial charge >= 0.3 is 5.97 Å². The third-order valence-electron chi connectivity index (χ3n) is 5.83. The molecule has 1 aromatic carbocycles. The molecule has 3 rings (SSSR count). The second kappa shape index (κ2) is 7.71. The molecule has 1 atom stereocenters. The molecule has 0 radical (unpaired) electrons. The van der Waals surface area contributed by atoms with Crippen molar-refractivity contribution in [3.63, 3.8) is 0 Å². The summed E-state index contributed by atoms with van der Waals surface area (Å²) >= 11 is 0. The van der Waals surface area contributed by atoms with Gasteiger partial charge in [0.15, 0.2) is 0 Å². The number of carbonyl (C=O) groups is 3. The topological polar surface area (TPSA) is 86.7 Å². The van der Waals surface area contributed by atoms with Crippen molar-refractivity contribution in [3.05, 3.63) is 29.8 Å². The van der Waals surface area contributed by atoms with Crippen LogP contribution in [0, 0.1) is 5.92 Å². The molecule has 1 aliphatic carbocycles. The molecular formula is C21H28N2O4. The number of rotatable bonds is 6. The Bertz CT molecular complexity index is 720. The zero-order valence-corrected chi connectivity index (χ0v) is 16.0. The van der Waals surface area contributed by atoms with Crippen LogP contribution in [-0.4, -0.2) is 35.0 Å². The van der Waals surface area contributed by atoms with Crippen LogP contribution in [0.25, 0.3) is 0 Å². The van der Waals surface area contributed by atoms with E-state index in [0.29, 0.717) is 31.7 Å². The molecule has 6 heteroatoms. The first-order chi connectivity index (χ1) is 12.8. The molecule has 1 aliphatic heterocycles. The lowest BCUT2D eigenvalue weighted by atomic mass is 9.92. The van der Waals surface area contributed by atoms with Crippen molar-refractivity contribution >= 4 is 23.5 Å². The first-order valence-corrected chi connectivity index (χ1v) is 9.76. The zero-order chi connectivity index (χ0) is 19.6. The van der Waals surface area contributed by atoms with E-state index >= 15 is 0 Å². The van der Waals surface area contributed by atoms with Crippen LogP contribution >= 0.6 is 0 Å². The van der Waals surface area contributed by atoms with Crippen LogP contribution in [0.5, 0.6) is 0 Å². The van der Waals surface area contributed by atoms with Gasteiger partial charge in [0.1, 0.15) is 5.92 Å². The first kappa shape index (κ1) is 19.4. The molecule has 0 aromatic heterocycles. The van der Waals surface area contributed by atoms with E-state index in [-0.39, 0.29) is 18.2 Å². The number of benzene rings is 1. The molecule has 2 amide bonds. The summed E-state index contributed by atoms with van der Waals surface area (Å²) in [5.41, 5.74) is 1.31. The Hall–Kier alpha value is -2.37. The van der Waals surface area contributed by atoms with Crippen molar-refractivity contribution < 1.29 is 19.5 Å². The van der Waals surface area contributed by atoms with Crippen molar-refractivity contribution in [1.82, 2.24) is 5.32 Å². The lowest BCUT2D eigenvalue weighted by molar-refractivity contribution is -0.139. The summed E-state index contributed by atoms with van der Waals surface area (Å²) in [6.45, 7) is 4.74. The van der Waals surface area contributed by atoms with Gasteiger partial charge in [-0.25, -0.2) is 0 Å². The minimum absolute atomic E-state index is 0.0833. The van der Waals surface area contributed by atoms with Crippen LogP contribution in [0.4, 0.5) is 5.69 Å². The largest absolute Gasteiger partial charge is 0.481 e. The van der Waals surface area contributed by atoms with Crippen molar-refractivity contribution in [2.45, 2.75) is 63.8 Å². The standard InChI is InChI=1S/C21H28N2O4/c1-14(2)15-5-7-16(8-6-15)23-12-9-17(20(23)27)19(26)22-21(13-18(24)25)10-3-4-11-21/h5-8,14,17H,3-4,9-13H2,1-2H3,(H,22,26)(H,24,25). The van der Waals surface area contributed by atoms with Crippen molar-refractivity contribution in [1.29, 1.82) is 0 Å². The summed E-state index contributed by atoms with van der Waals surface area (Å²) in [4.78, 5) is 38.5. The maximum Gasteiger partial charge on any atom is 0.305 e. The van der Waals surface area contributed by atoms with E-state index in [4.69, 9.17) is 0 Å². The Balaban J connectivity index is 1.68. The first-order valence-electron chi connectivity index (χ1n) is 9.76. The average Bonchev–Trinajstić information content (AvgIpc) is 3.21. The number of nitrogens with one attached hydrogen (secondary N) is 1. The molecule has 6 nitrogen and oxygen atoms in total. The SMILES string of the molecule is CC(C)c1ccc(N2CCC(C(=O)NC3(CC(=O)O)CCCC3)C2=O)cc1. The molecule has 1 saturated heterocycles. The number of carboxylic acid groups (broad SMARTS) is 1. The molecule has 1 saturated carbocycles. The maximum absolute atomic E-state index is 12.8. The van der Waals surface area contributed by atoms with E-state index in [1.54, 1.807) is 4.90 Å². The number of aliphatic carboxylic acids is 1. The number of hydrogen-bond donors (Lipinski definition) is 2. The molecule has 1 heterocycles. The second-order valence-corrected chi connectivity index (χ2v) is 8.12. The molecule has 2 aliphatic rings. The van der Waals surface area contributed by atoms with E-state index in [1.165, 1.54) is 5.56 Å².